The molecule has 1 aliphatic heterocycles. The van der Waals surface area contributed by atoms with Crippen LogP contribution in [0, 0.1) is 5.92 Å². The van der Waals surface area contributed by atoms with Gasteiger partial charge in [0, 0.05) is 12.5 Å². The molecule has 1 heterocycles. The summed E-state index contributed by atoms with van der Waals surface area (Å²) in [6, 6.07) is 0. The van der Waals surface area contributed by atoms with Crippen molar-refractivity contribution in [1.82, 2.24) is 0 Å². The van der Waals surface area contributed by atoms with E-state index in [1.807, 2.05) is 6.92 Å². The van der Waals surface area contributed by atoms with Crippen LogP contribution in [0.1, 0.15) is 13.8 Å². The molecule has 0 aromatic heterocycles. The molecule has 0 saturated carbocycles. The maximum Gasteiger partial charge on any atom is 0.0855 e. The second-order valence-corrected chi connectivity index (χ2v) is 2.51. The van der Waals surface area contributed by atoms with Crippen molar-refractivity contribution in [1.29, 1.82) is 0 Å². The lowest BCUT2D eigenvalue weighted by atomic mass is 10.0. The molecule has 9 heavy (non-hydrogen) atoms. The third-order valence-electron chi connectivity index (χ3n) is 1.69. The minimum absolute atomic E-state index is 0.380. The Bertz CT molecular complexity index is 83.0. The average molecular weight is 130 g/mol. The highest BCUT2D eigenvalue weighted by molar-refractivity contribution is 4.73. The van der Waals surface area contributed by atoms with Crippen LogP contribution in [0.4, 0.5) is 0 Å². The summed E-state index contributed by atoms with van der Waals surface area (Å²) in [5.41, 5.74) is 0. The number of ether oxygens (including phenoxy) is 2. The molecule has 1 fully saturated rings. The first-order valence-corrected chi connectivity index (χ1v) is 3.54. The van der Waals surface area contributed by atoms with Gasteiger partial charge >= 0.3 is 0 Å². The Kier molecular flexibility index (Phi) is 2.49. The van der Waals surface area contributed by atoms with Gasteiger partial charge in [-0.25, -0.2) is 0 Å². The Balaban J connectivity index is 1.99. The number of hydrogen-bond donors (Lipinski definition) is 0. The van der Waals surface area contributed by atoms with Gasteiger partial charge in [0.2, 0.25) is 0 Å². The van der Waals surface area contributed by atoms with Gasteiger partial charge in [-0.2, -0.15) is 0 Å². The molecular formula is C7H14O2. The molecule has 0 N–H and O–H groups in total. The van der Waals surface area contributed by atoms with E-state index in [-0.39, 0.29) is 0 Å². The Morgan fingerprint density at radius 2 is 2.44 bits per heavy atom. The predicted octanol–water partition coefficient (Wildman–Crippen LogP) is 1.06. The third-order valence-corrected chi connectivity index (χ3v) is 1.69. The maximum absolute atomic E-state index is 5.22. The van der Waals surface area contributed by atoms with Crippen LogP contribution in [0.25, 0.3) is 0 Å². The lowest BCUT2D eigenvalue weighted by Gasteiger charge is -2.33. The summed E-state index contributed by atoms with van der Waals surface area (Å²) in [5.74, 6) is 0.705. The summed E-state index contributed by atoms with van der Waals surface area (Å²) < 4.78 is 10.4. The van der Waals surface area contributed by atoms with Crippen LogP contribution >= 0.6 is 0 Å². The molecule has 0 amide bonds. The van der Waals surface area contributed by atoms with Gasteiger partial charge in [0.05, 0.1) is 19.3 Å². The van der Waals surface area contributed by atoms with Gasteiger partial charge in [0.25, 0.3) is 0 Å². The fourth-order valence-corrected chi connectivity index (χ4v) is 0.871. The Morgan fingerprint density at radius 3 is 2.78 bits per heavy atom. The Morgan fingerprint density at radius 1 is 1.67 bits per heavy atom. The van der Waals surface area contributed by atoms with Gasteiger partial charge in [0.15, 0.2) is 0 Å². The van der Waals surface area contributed by atoms with E-state index in [0.29, 0.717) is 12.0 Å². The van der Waals surface area contributed by atoms with Crippen LogP contribution in [0.3, 0.4) is 0 Å². The van der Waals surface area contributed by atoms with Crippen LogP contribution in [0.5, 0.6) is 0 Å². The fourth-order valence-electron chi connectivity index (χ4n) is 0.871. The van der Waals surface area contributed by atoms with Crippen molar-refractivity contribution < 1.29 is 9.47 Å². The molecule has 1 aliphatic rings. The molecule has 0 spiro atoms. The SMILES string of the molecule is CCOCC1OCC1C. The topological polar surface area (TPSA) is 18.5 Å². The van der Waals surface area contributed by atoms with Gasteiger partial charge in [-0.05, 0) is 6.92 Å². The quantitative estimate of drug-likeness (QED) is 0.568. The summed E-state index contributed by atoms with van der Waals surface area (Å²) in [7, 11) is 0. The van der Waals surface area contributed by atoms with Gasteiger partial charge in [-0.15, -0.1) is 0 Å². The molecule has 1 rings (SSSR count). The van der Waals surface area contributed by atoms with Crippen molar-refractivity contribution in [3.63, 3.8) is 0 Å². The van der Waals surface area contributed by atoms with Gasteiger partial charge < -0.3 is 9.47 Å². The van der Waals surface area contributed by atoms with Gasteiger partial charge in [0.1, 0.15) is 0 Å². The Hall–Kier alpha value is -0.0800. The lowest BCUT2D eigenvalue weighted by Crippen LogP contribution is -2.40. The van der Waals surface area contributed by atoms with Crippen molar-refractivity contribution in [2.45, 2.75) is 20.0 Å². The second kappa shape index (κ2) is 3.18. The molecule has 54 valence electrons. The zero-order chi connectivity index (χ0) is 6.69. The summed E-state index contributed by atoms with van der Waals surface area (Å²) in [4.78, 5) is 0. The molecule has 2 heteroatoms. The zero-order valence-electron chi connectivity index (χ0n) is 6.09. The fraction of sp³-hybridized carbons (Fsp3) is 1.00. The van der Waals surface area contributed by atoms with Crippen molar-refractivity contribution in [2.75, 3.05) is 19.8 Å². The van der Waals surface area contributed by atoms with Gasteiger partial charge in [-0.3, -0.25) is 0 Å². The lowest BCUT2D eigenvalue weighted by molar-refractivity contribution is -0.138. The molecule has 0 aliphatic carbocycles. The molecule has 0 bridgehead atoms. The summed E-state index contributed by atoms with van der Waals surface area (Å²) in [6.45, 7) is 6.68. The predicted molar refractivity (Wildman–Crippen MR) is 35.4 cm³/mol. The first kappa shape index (κ1) is 7.03. The van der Waals surface area contributed by atoms with Gasteiger partial charge in [-0.1, -0.05) is 6.92 Å². The van der Waals surface area contributed by atoms with Crippen molar-refractivity contribution >= 4 is 0 Å². The minimum atomic E-state index is 0.380. The van der Waals surface area contributed by atoms with Crippen molar-refractivity contribution in [2.24, 2.45) is 5.92 Å². The molecule has 0 radical (unpaired) electrons. The van der Waals surface area contributed by atoms with E-state index < -0.39 is 0 Å². The van der Waals surface area contributed by atoms with E-state index in [0.717, 1.165) is 19.8 Å². The number of rotatable bonds is 3. The van der Waals surface area contributed by atoms with Crippen LogP contribution < -0.4 is 0 Å². The van der Waals surface area contributed by atoms with Crippen LogP contribution in [-0.2, 0) is 9.47 Å². The van der Waals surface area contributed by atoms with Crippen LogP contribution in [0.15, 0.2) is 0 Å². The van der Waals surface area contributed by atoms with Crippen LogP contribution in [-0.4, -0.2) is 25.9 Å². The summed E-state index contributed by atoms with van der Waals surface area (Å²) in [5, 5.41) is 0. The largest absolute Gasteiger partial charge is 0.379 e. The first-order chi connectivity index (χ1) is 4.34. The first-order valence-electron chi connectivity index (χ1n) is 3.54. The number of hydrogen-bond acceptors (Lipinski definition) is 2. The third kappa shape index (κ3) is 1.66. The zero-order valence-corrected chi connectivity index (χ0v) is 6.09. The average Bonchev–Trinajstić information content (AvgIpc) is 1.86. The van der Waals surface area contributed by atoms with E-state index in [2.05, 4.69) is 6.92 Å². The Labute approximate surface area is 56.2 Å². The summed E-state index contributed by atoms with van der Waals surface area (Å²) >= 11 is 0. The standard InChI is InChI=1S/C7H14O2/c1-3-8-5-7-6(2)4-9-7/h6-7H,3-5H2,1-2H3. The van der Waals surface area contributed by atoms with E-state index in [1.165, 1.54) is 0 Å². The van der Waals surface area contributed by atoms with Crippen molar-refractivity contribution in [3.05, 3.63) is 0 Å². The summed E-state index contributed by atoms with van der Waals surface area (Å²) in [6.07, 6.45) is 0.380. The second-order valence-electron chi connectivity index (χ2n) is 2.51. The van der Waals surface area contributed by atoms with E-state index in [4.69, 9.17) is 9.47 Å². The molecule has 2 atom stereocenters. The molecule has 2 nitrogen and oxygen atoms in total. The molecule has 2 unspecified atom stereocenters. The van der Waals surface area contributed by atoms with E-state index in [1.54, 1.807) is 0 Å². The monoisotopic (exact) mass is 130 g/mol. The highest BCUT2D eigenvalue weighted by Crippen LogP contribution is 2.18. The van der Waals surface area contributed by atoms with Crippen molar-refractivity contribution in [3.8, 4) is 0 Å². The van der Waals surface area contributed by atoms with E-state index >= 15 is 0 Å². The maximum atomic E-state index is 5.22. The molecule has 1 saturated heterocycles. The highest BCUT2D eigenvalue weighted by Gasteiger charge is 2.27. The smallest absolute Gasteiger partial charge is 0.0855 e. The van der Waals surface area contributed by atoms with Crippen LogP contribution in [0.2, 0.25) is 0 Å². The normalized spacial score (nSPS) is 34.0. The molecule has 0 aromatic carbocycles. The molecular weight excluding hydrogens is 116 g/mol. The highest BCUT2D eigenvalue weighted by atomic mass is 16.5. The van der Waals surface area contributed by atoms with E-state index in [9.17, 15) is 0 Å². The molecule has 0 aromatic rings. The minimum Gasteiger partial charge on any atom is -0.379 e.